The van der Waals surface area contributed by atoms with Crippen molar-refractivity contribution in [3.8, 4) is 22.6 Å². The lowest BCUT2D eigenvalue weighted by Gasteiger charge is -2.12. The first kappa shape index (κ1) is 27.0. The lowest BCUT2D eigenvalue weighted by atomic mass is 9.97. The third-order valence-corrected chi connectivity index (χ3v) is 5.77. The number of rotatable bonds is 9. The molecule has 0 aliphatic carbocycles. The number of hydrogen-bond acceptors (Lipinski definition) is 2. The molecule has 38 heavy (non-hydrogen) atoms. The van der Waals surface area contributed by atoms with Gasteiger partial charge in [-0.15, -0.1) is 0 Å². The number of aryl methyl sites for hydroxylation is 2. The number of fused-ring (bicyclic) bond motifs is 1. The fourth-order valence-corrected chi connectivity index (χ4v) is 4.00. The summed E-state index contributed by atoms with van der Waals surface area (Å²) in [5, 5.41) is 0.809. The van der Waals surface area contributed by atoms with Crippen LogP contribution in [0.4, 0.5) is 30.7 Å². The van der Waals surface area contributed by atoms with E-state index in [1.54, 1.807) is 36.4 Å². The van der Waals surface area contributed by atoms with Gasteiger partial charge in [0.25, 0.3) is 0 Å². The van der Waals surface area contributed by atoms with E-state index >= 15 is 4.39 Å². The summed E-state index contributed by atoms with van der Waals surface area (Å²) in [5.74, 6) is -4.35. The van der Waals surface area contributed by atoms with Crippen LogP contribution in [0.1, 0.15) is 11.1 Å². The predicted molar refractivity (Wildman–Crippen MR) is 130 cm³/mol. The molecular weight excluding hydrogens is 513 g/mol. The molecule has 4 rings (SSSR count). The Morgan fingerprint density at radius 3 is 2.16 bits per heavy atom. The van der Waals surface area contributed by atoms with E-state index in [1.807, 2.05) is 0 Å². The molecule has 0 saturated carbocycles. The van der Waals surface area contributed by atoms with Gasteiger partial charge in [0.1, 0.15) is 24.0 Å². The van der Waals surface area contributed by atoms with E-state index in [0.717, 1.165) is 12.1 Å². The first-order chi connectivity index (χ1) is 18.1. The van der Waals surface area contributed by atoms with E-state index in [2.05, 4.69) is 11.3 Å². The van der Waals surface area contributed by atoms with Gasteiger partial charge in [0.15, 0.2) is 24.0 Å². The molecule has 0 amide bonds. The van der Waals surface area contributed by atoms with Gasteiger partial charge in [0.05, 0.1) is 0 Å². The molecule has 0 aromatic heterocycles. The van der Waals surface area contributed by atoms with Crippen molar-refractivity contribution < 1.29 is 40.2 Å². The number of alkyl halides is 3. The minimum atomic E-state index is -4.75. The summed E-state index contributed by atoms with van der Waals surface area (Å²) in [5.41, 5.74) is 1.26. The Kier molecular flexibility index (Phi) is 7.94. The molecule has 0 bridgehead atoms. The van der Waals surface area contributed by atoms with Crippen molar-refractivity contribution >= 4 is 10.8 Å². The zero-order valence-electron chi connectivity index (χ0n) is 19.8. The van der Waals surface area contributed by atoms with Crippen LogP contribution in [0.2, 0.25) is 0 Å². The Morgan fingerprint density at radius 1 is 0.763 bits per heavy atom. The Balaban J connectivity index is 1.51. The smallest absolute Gasteiger partial charge is 0.422 e. The SMILES string of the molecule is C=CCOc1ccc(-c2ccc3c(F)c(CCc4cc(F)c(OCC(F)(F)F)c(F)c4)ccc3c2)c(F)c1. The van der Waals surface area contributed by atoms with Gasteiger partial charge in [-0.05, 0) is 65.3 Å². The summed E-state index contributed by atoms with van der Waals surface area (Å²) in [6.07, 6.45) is -3.10. The van der Waals surface area contributed by atoms with Gasteiger partial charge in [-0.1, -0.05) is 36.9 Å². The van der Waals surface area contributed by atoms with Crippen LogP contribution in [0.25, 0.3) is 21.9 Å². The topological polar surface area (TPSA) is 18.5 Å². The molecule has 4 aromatic carbocycles. The maximum absolute atomic E-state index is 15.2. The first-order valence-electron chi connectivity index (χ1n) is 11.5. The highest BCUT2D eigenvalue weighted by Gasteiger charge is 2.30. The van der Waals surface area contributed by atoms with Crippen molar-refractivity contribution in [2.24, 2.45) is 0 Å². The molecule has 0 aliphatic rings. The second-order valence-electron chi connectivity index (χ2n) is 8.51. The minimum absolute atomic E-state index is 0.0272. The van der Waals surface area contributed by atoms with E-state index in [4.69, 9.17) is 4.74 Å². The highest BCUT2D eigenvalue weighted by atomic mass is 19.4. The molecule has 0 spiro atoms. The zero-order valence-corrected chi connectivity index (χ0v) is 19.8. The quantitative estimate of drug-likeness (QED) is 0.159. The van der Waals surface area contributed by atoms with Crippen molar-refractivity contribution in [2.75, 3.05) is 13.2 Å². The Hall–Kier alpha value is -4.01. The fraction of sp³-hybridized carbons (Fsp3) is 0.172. The highest BCUT2D eigenvalue weighted by molar-refractivity contribution is 5.88. The van der Waals surface area contributed by atoms with E-state index in [9.17, 15) is 26.3 Å². The monoisotopic (exact) mass is 534 g/mol. The van der Waals surface area contributed by atoms with Crippen molar-refractivity contribution in [2.45, 2.75) is 19.0 Å². The minimum Gasteiger partial charge on any atom is -0.489 e. The summed E-state index contributed by atoms with van der Waals surface area (Å²) in [4.78, 5) is 0. The van der Waals surface area contributed by atoms with Crippen LogP contribution in [0.15, 0.2) is 73.3 Å². The van der Waals surface area contributed by atoms with Crippen molar-refractivity contribution in [1.82, 2.24) is 0 Å². The average Bonchev–Trinajstić information content (AvgIpc) is 2.86. The van der Waals surface area contributed by atoms with Gasteiger partial charge >= 0.3 is 6.18 Å². The predicted octanol–water partition coefficient (Wildman–Crippen LogP) is 8.35. The van der Waals surface area contributed by atoms with Crippen molar-refractivity contribution in [3.63, 3.8) is 0 Å². The van der Waals surface area contributed by atoms with Crippen LogP contribution >= 0.6 is 0 Å². The molecule has 0 aliphatic heterocycles. The second-order valence-corrected chi connectivity index (χ2v) is 8.51. The molecule has 2 nitrogen and oxygen atoms in total. The maximum atomic E-state index is 15.2. The third kappa shape index (κ3) is 6.27. The van der Waals surface area contributed by atoms with Crippen LogP contribution in [0.5, 0.6) is 11.5 Å². The van der Waals surface area contributed by atoms with E-state index in [1.165, 1.54) is 18.2 Å². The summed E-state index contributed by atoms with van der Waals surface area (Å²) in [7, 11) is 0. The Labute approximate surface area is 213 Å². The molecule has 0 fully saturated rings. The van der Waals surface area contributed by atoms with Crippen molar-refractivity contribution in [1.29, 1.82) is 0 Å². The summed E-state index contributed by atoms with van der Waals surface area (Å²) in [6, 6.07) is 14.1. The standard InChI is InChI=1S/C29H21F7O2/c1-2-11-37-21-8-10-22(24(30)15-21)19-7-9-23-20(14-19)6-5-18(27(23)33)4-3-17-12-25(31)28(26(32)13-17)38-16-29(34,35)36/h2,5-10,12-15H,1,3-4,11,16H2. The van der Waals surface area contributed by atoms with Gasteiger partial charge < -0.3 is 9.47 Å². The third-order valence-electron chi connectivity index (χ3n) is 5.77. The Bertz CT molecular complexity index is 1460. The molecule has 0 N–H and O–H groups in total. The summed E-state index contributed by atoms with van der Waals surface area (Å²) in [6.45, 7) is 1.95. The molecule has 0 heterocycles. The molecule has 198 valence electrons. The van der Waals surface area contributed by atoms with Crippen LogP contribution in [-0.4, -0.2) is 19.4 Å². The largest absolute Gasteiger partial charge is 0.489 e. The van der Waals surface area contributed by atoms with Crippen LogP contribution in [0.3, 0.4) is 0 Å². The zero-order chi connectivity index (χ0) is 27.4. The lowest BCUT2D eigenvalue weighted by molar-refractivity contribution is -0.154. The molecule has 0 atom stereocenters. The first-order valence-corrected chi connectivity index (χ1v) is 11.5. The highest BCUT2D eigenvalue weighted by Crippen LogP contribution is 2.32. The second kappa shape index (κ2) is 11.2. The number of halogens is 7. The van der Waals surface area contributed by atoms with Crippen LogP contribution in [0, 0.1) is 23.3 Å². The average molecular weight is 534 g/mol. The number of ether oxygens (including phenoxy) is 2. The fourth-order valence-electron chi connectivity index (χ4n) is 4.00. The van der Waals surface area contributed by atoms with Gasteiger partial charge in [-0.25, -0.2) is 17.6 Å². The van der Waals surface area contributed by atoms with Crippen LogP contribution < -0.4 is 9.47 Å². The van der Waals surface area contributed by atoms with Crippen LogP contribution in [-0.2, 0) is 12.8 Å². The number of benzene rings is 4. The van der Waals surface area contributed by atoms with Gasteiger partial charge in [-0.2, -0.15) is 13.2 Å². The van der Waals surface area contributed by atoms with Crippen molar-refractivity contribution in [3.05, 3.63) is 108 Å². The molecule has 0 saturated heterocycles. The van der Waals surface area contributed by atoms with Gasteiger partial charge in [0.2, 0.25) is 0 Å². The van der Waals surface area contributed by atoms with E-state index in [-0.39, 0.29) is 36.0 Å². The molecule has 4 aromatic rings. The normalized spacial score (nSPS) is 11.6. The van der Waals surface area contributed by atoms with E-state index < -0.39 is 41.8 Å². The Morgan fingerprint density at radius 2 is 1.50 bits per heavy atom. The summed E-state index contributed by atoms with van der Waals surface area (Å²) >= 11 is 0. The van der Waals surface area contributed by atoms with E-state index in [0.29, 0.717) is 22.3 Å². The molecule has 0 radical (unpaired) electrons. The molecular formula is C29H21F7O2. The van der Waals surface area contributed by atoms with Gasteiger partial charge in [0, 0.05) is 17.0 Å². The van der Waals surface area contributed by atoms with Gasteiger partial charge in [-0.3, -0.25) is 0 Å². The number of hydrogen-bond donors (Lipinski definition) is 0. The summed E-state index contributed by atoms with van der Waals surface area (Å²) < 4.78 is 105. The molecule has 0 unspecified atom stereocenters. The molecule has 9 heteroatoms. The lowest BCUT2D eigenvalue weighted by Crippen LogP contribution is -2.20. The maximum Gasteiger partial charge on any atom is 0.422 e.